The van der Waals surface area contributed by atoms with E-state index in [-0.39, 0.29) is 11.9 Å². The number of imidazole rings is 1. The first kappa shape index (κ1) is 20.6. The molecule has 4 aromatic heterocycles. The molecule has 1 N–H and O–H groups in total. The Kier molecular flexibility index (Phi) is 5.21. The molecule has 8 nitrogen and oxygen atoms in total. The SMILES string of the molecule is COc1ccc(F)cc1[C@@H](C)Nc1ccc2ncc(-c3cc(-c4cnn(C)c4)ccn3)n2n1. The molecule has 0 radical (unpaired) electrons. The van der Waals surface area contributed by atoms with Gasteiger partial charge in [0.25, 0.3) is 0 Å². The molecule has 1 aromatic carbocycles. The molecule has 1 atom stereocenters. The van der Waals surface area contributed by atoms with Crippen molar-refractivity contribution in [2.75, 3.05) is 12.4 Å². The largest absolute Gasteiger partial charge is 0.496 e. The lowest BCUT2D eigenvalue weighted by Gasteiger charge is -2.18. The monoisotopic (exact) mass is 443 g/mol. The first-order valence-electron chi connectivity index (χ1n) is 10.4. The van der Waals surface area contributed by atoms with Gasteiger partial charge in [0.1, 0.15) is 23.1 Å². The number of halogens is 1. The van der Waals surface area contributed by atoms with Gasteiger partial charge in [-0.2, -0.15) is 5.10 Å². The van der Waals surface area contributed by atoms with E-state index >= 15 is 0 Å². The van der Waals surface area contributed by atoms with Crippen molar-refractivity contribution in [3.63, 3.8) is 0 Å². The number of aryl methyl sites for hydroxylation is 1. The number of rotatable bonds is 6. The Labute approximate surface area is 189 Å². The zero-order chi connectivity index (χ0) is 22.9. The standard InChI is InChI=1S/C24H22FN7O/c1-15(19-11-18(25)4-5-22(19)33-3)29-23-6-7-24-27-13-21(32(24)30-23)20-10-16(8-9-26-20)17-12-28-31(2)14-17/h4-15H,1-3H3,(H,29,30)/t15-/m1/s1. The molecule has 0 spiro atoms. The first-order chi connectivity index (χ1) is 16.0. The van der Waals surface area contributed by atoms with E-state index in [0.717, 1.165) is 22.5 Å². The molecule has 5 rings (SSSR count). The summed E-state index contributed by atoms with van der Waals surface area (Å²) in [4.78, 5) is 8.99. The molecule has 4 heterocycles. The molecular formula is C24H22FN7O. The molecule has 0 aliphatic rings. The Hall–Kier alpha value is -4.27. The summed E-state index contributed by atoms with van der Waals surface area (Å²) in [6, 6.07) is 11.9. The van der Waals surface area contributed by atoms with Gasteiger partial charge in [-0.05, 0) is 55.0 Å². The molecule has 0 amide bonds. The van der Waals surface area contributed by atoms with Crippen LogP contribution in [0.15, 0.2) is 67.3 Å². The number of anilines is 1. The molecular weight excluding hydrogens is 421 g/mol. The Morgan fingerprint density at radius 1 is 1.03 bits per heavy atom. The van der Waals surface area contributed by atoms with E-state index in [4.69, 9.17) is 9.84 Å². The van der Waals surface area contributed by atoms with Gasteiger partial charge < -0.3 is 10.1 Å². The number of nitrogens with zero attached hydrogens (tertiary/aromatic N) is 6. The molecule has 0 saturated carbocycles. The molecule has 166 valence electrons. The van der Waals surface area contributed by atoms with Crippen molar-refractivity contribution in [2.24, 2.45) is 7.05 Å². The Bertz CT molecular complexity index is 1440. The highest BCUT2D eigenvalue weighted by atomic mass is 19.1. The second-order valence-electron chi connectivity index (χ2n) is 7.72. The third-order valence-electron chi connectivity index (χ3n) is 5.45. The lowest BCUT2D eigenvalue weighted by Crippen LogP contribution is -2.11. The third-order valence-corrected chi connectivity index (χ3v) is 5.45. The number of hydrogen-bond donors (Lipinski definition) is 1. The summed E-state index contributed by atoms with van der Waals surface area (Å²) in [5.41, 5.74) is 4.91. The average Bonchev–Trinajstić information content (AvgIpc) is 3.45. The molecule has 9 heteroatoms. The molecule has 0 saturated heterocycles. The highest BCUT2D eigenvalue weighted by Crippen LogP contribution is 2.29. The molecule has 33 heavy (non-hydrogen) atoms. The summed E-state index contributed by atoms with van der Waals surface area (Å²) in [5.74, 6) is 0.903. The van der Waals surface area contributed by atoms with Crippen molar-refractivity contribution in [3.05, 3.63) is 78.6 Å². The number of nitrogens with one attached hydrogen (secondary N) is 1. The van der Waals surface area contributed by atoms with Gasteiger partial charge in [-0.15, -0.1) is 5.10 Å². The van der Waals surface area contributed by atoms with Gasteiger partial charge >= 0.3 is 0 Å². The lowest BCUT2D eigenvalue weighted by atomic mass is 10.1. The number of aromatic nitrogens is 6. The number of pyridine rings is 1. The van der Waals surface area contributed by atoms with E-state index in [1.165, 1.54) is 12.1 Å². The van der Waals surface area contributed by atoms with Crippen LogP contribution in [0, 0.1) is 5.82 Å². The summed E-state index contributed by atoms with van der Waals surface area (Å²) in [6.45, 7) is 1.93. The fraction of sp³-hybridized carbons (Fsp3) is 0.167. The van der Waals surface area contributed by atoms with E-state index in [0.29, 0.717) is 22.8 Å². The van der Waals surface area contributed by atoms with Gasteiger partial charge in [0.2, 0.25) is 0 Å². The first-order valence-corrected chi connectivity index (χ1v) is 10.4. The van der Waals surface area contributed by atoms with Crippen LogP contribution in [-0.2, 0) is 7.05 Å². The number of methoxy groups -OCH3 is 1. The predicted molar refractivity (Wildman–Crippen MR) is 123 cm³/mol. The van der Waals surface area contributed by atoms with Gasteiger partial charge in [-0.3, -0.25) is 9.67 Å². The number of hydrogen-bond acceptors (Lipinski definition) is 6. The molecule has 0 fully saturated rings. The van der Waals surface area contributed by atoms with Gasteiger partial charge in [0, 0.05) is 30.6 Å². The van der Waals surface area contributed by atoms with Crippen LogP contribution in [0.25, 0.3) is 28.2 Å². The van der Waals surface area contributed by atoms with Crippen LogP contribution < -0.4 is 10.1 Å². The van der Waals surface area contributed by atoms with Gasteiger partial charge in [-0.1, -0.05) is 0 Å². The van der Waals surface area contributed by atoms with Crippen LogP contribution in [0.5, 0.6) is 5.75 Å². The molecule has 0 aliphatic heterocycles. The maximum Gasteiger partial charge on any atom is 0.154 e. The summed E-state index contributed by atoms with van der Waals surface area (Å²) >= 11 is 0. The van der Waals surface area contributed by atoms with Crippen molar-refractivity contribution in [2.45, 2.75) is 13.0 Å². The van der Waals surface area contributed by atoms with Crippen LogP contribution in [0.4, 0.5) is 10.2 Å². The van der Waals surface area contributed by atoms with Crippen molar-refractivity contribution in [3.8, 4) is 28.3 Å². The van der Waals surface area contributed by atoms with Crippen molar-refractivity contribution in [1.29, 1.82) is 0 Å². The second-order valence-corrected chi connectivity index (χ2v) is 7.72. The molecule has 0 unspecified atom stereocenters. The number of benzene rings is 1. The minimum absolute atomic E-state index is 0.236. The van der Waals surface area contributed by atoms with Crippen molar-refractivity contribution >= 4 is 11.5 Å². The fourth-order valence-electron chi connectivity index (χ4n) is 3.79. The lowest BCUT2D eigenvalue weighted by molar-refractivity contribution is 0.406. The van der Waals surface area contributed by atoms with E-state index in [2.05, 4.69) is 20.4 Å². The van der Waals surface area contributed by atoms with Gasteiger partial charge in [0.05, 0.1) is 31.2 Å². The topological polar surface area (TPSA) is 82.2 Å². The van der Waals surface area contributed by atoms with E-state index < -0.39 is 0 Å². The maximum absolute atomic E-state index is 13.8. The Morgan fingerprint density at radius 3 is 2.70 bits per heavy atom. The van der Waals surface area contributed by atoms with E-state index in [9.17, 15) is 4.39 Å². The number of ether oxygens (including phenoxy) is 1. The van der Waals surface area contributed by atoms with Gasteiger partial charge in [-0.25, -0.2) is 13.9 Å². The molecule has 0 aliphatic carbocycles. The van der Waals surface area contributed by atoms with E-state index in [1.807, 2.05) is 50.6 Å². The quantitative estimate of drug-likeness (QED) is 0.416. The van der Waals surface area contributed by atoms with Crippen LogP contribution in [-0.4, -0.2) is 36.5 Å². The zero-order valence-electron chi connectivity index (χ0n) is 18.4. The number of fused-ring (bicyclic) bond motifs is 1. The minimum atomic E-state index is -0.320. The predicted octanol–water partition coefficient (Wildman–Crippen LogP) is 4.51. The van der Waals surface area contributed by atoms with Gasteiger partial charge in [0.15, 0.2) is 5.65 Å². The molecule has 5 aromatic rings. The average molecular weight is 443 g/mol. The van der Waals surface area contributed by atoms with Crippen LogP contribution in [0.1, 0.15) is 18.5 Å². The van der Waals surface area contributed by atoms with Crippen molar-refractivity contribution in [1.82, 2.24) is 29.4 Å². The smallest absolute Gasteiger partial charge is 0.154 e. The van der Waals surface area contributed by atoms with Crippen LogP contribution >= 0.6 is 0 Å². The summed E-state index contributed by atoms with van der Waals surface area (Å²) in [6.07, 6.45) is 7.28. The molecule has 0 bridgehead atoms. The zero-order valence-corrected chi connectivity index (χ0v) is 18.4. The highest BCUT2D eigenvalue weighted by Gasteiger charge is 2.15. The van der Waals surface area contributed by atoms with Crippen molar-refractivity contribution < 1.29 is 9.13 Å². The fourth-order valence-corrected chi connectivity index (χ4v) is 3.79. The second kappa shape index (κ2) is 8.34. The van der Waals surface area contributed by atoms with Crippen LogP contribution in [0.3, 0.4) is 0 Å². The summed E-state index contributed by atoms with van der Waals surface area (Å²) < 4.78 is 22.7. The summed E-state index contributed by atoms with van der Waals surface area (Å²) in [7, 11) is 3.45. The Morgan fingerprint density at radius 2 is 1.91 bits per heavy atom. The highest BCUT2D eigenvalue weighted by molar-refractivity contribution is 5.69. The van der Waals surface area contributed by atoms with Crippen LogP contribution in [0.2, 0.25) is 0 Å². The minimum Gasteiger partial charge on any atom is -0.496 e. The third kappa shape index (κ3) is 4.00. The maximum atomic E-state index is 13.8. The van der Waals surface area contributed by atoms with E-state index in [1.54, 1.807) is 34.8 Å². The summed E-state index contributed by atoms with van der Waals surface area (Å²) in [5, 5.41) is 12.3. The normalized spacial score (nSPS) is 12.1. The Balaban J connectivity index is 1.48.